The summed E-state index contributed by atoms with van der Waals surface area (Å²) in [5.41, 5.74) is -1.18. The van der Waals surface area contributed by atoms with Crippen molar-refractivity contribution < 1.29 is 23.6 Å². The van der Waals surface area contributed by atoms with Crippen molar-refractivity contribution >= 4 is 38.2 Å². The highest BCUT2D eigenvalue weighted by molar-refractivity contribution is 7.16. The molecule has 0 saturated heterocycles. The molecule has 0 aliphatic heterocycles. The highest BCUT2D eigenvalue weighted by atomic mass is 31.0. The number of nitro benzene ring substituents is 1. The number of esters is 1. The Labute approximate surface area is 186 Å². The second kappa shape index (κ2) is 12.0. The van der Waals surface area contributed by atoms with Crippen LogP contribution in [0.1, 0.15) is 53.3 Å². The lowest BCUT2D eigenvalue weighted by Crippen LogP contribution is -2.19. The van der Waals surface area contributed by atoms with Crippen LogP contribution in [0.2, 0.25) is 0 Å². The second-order valence-corrected chi connectivity index (χ2v) is 7.52. The van der Waals surface area contributed by atoms with Gasteiger partial charge in [-0.05, 0) is 54.5 Å². The highest BCUT2D eigenvalue weighted by Crippen LogP contribution is 2.28. The molecule has 0 radical (unpaired) electrons. The molecule has 9 nitrogen and oxygen atoms in total. The van der Waals surface area contributed by atoms with Gasteiger partial charge in [-0.3, -0.25) is 14.9 Å². The summed E-state index contributed by atoms with van der Waals surface area (Å²) in [6.07, 6.45) is 3.82. The summed E-state index contributed by atoms with van der Waals surface area (Å²) >= 11 is 0. The van der Waals surface area contributed by atoms with Crippen LogP contribution in [0, 0.1) is 20.8 Å². The van der Waals surface area contributed by atoms with Gasteiger partial charge in [-0.25, -0.2) is 4.79 Å². The van der Waals surface area contributed by atoms with E-state index in [9.17, 15) is 29.0 Å². The van der Waals surface area contributed by atoms with Crippen LogP contribution in [0.3, 0.4) is 0 Å². The minimum atomic E-state index is -1.08. The third kappa shape index (κ3) is 6.62. The molecule has 0 saturated carbocycles. The standard InChI is InChI=1S/C21H23FN3O6P/c1-2-3-4-15(9-10-32)31-21(27)14-6-8-17(18(11-14)24-28)23-20(26)13-5-7-16(22)19(12-13)25(29)30/h5-8,11-12,15H,2-4,9-10,32H2,1H3,(H,23,26). The SMILES string of the molecule is CCCCC(CCP)OC(=O)c1ccc(NC(=O)c2ccc(F)c([N+](=O)[O-])c2)c(N=O)c1. The Kier molecular flexibility index (Phi) is 9.34. The molecular formula is C21H23FN3O6P. The van der Waals surface area contributed by atoms with Crippen LogP contribution in [0.4, 0.5) is 21.5 Å². The first-order valence-corrected chi connectivity index (χ1v) is 10.8. The van der Waals surface area contributed by atoms with Crippen LogP contribution in [0.5, 0.6) is 0 Å². The van der Waals surface area contributed by atoms with Crippen LogP contribution in [0.25, 0.3) is 0 Å². The molecule has 2 unspecified atom stereocenters. The summed E-state index contributed by atoms with van der Waals surface area (Å²) in [4.78, 5) is 46.1. The van der Waals surface area contributed by atoms with E-state index in [0.717, 1.165) is 43.6 Å². The summed E-state index contributed by atoms with van der Waals surface area (Å²) in [5.74, 6) is -2.50. The van der Waals surface area contributed by atoms with E-state index in [1.165, 1.54) is 18.2 Å². The Morgan fingerprint density at radius 1 is 1.22 bits per heavy atom. The van der Waals surface area contributed by atoms with Gasteiger partial charge in [0.2, 0.25) is 5.82 Å². The number of halogens is 1. The van der Waals surface area contributed by atoms with E-state index in [1.807, 2.05) is 6.92 Å². The Bertz CT molecular complexity index is 1020. The fourth-order valence-electron chi connectivity index (χ4n) is 2.93. The first-order valence-electron chi connectivity index (χ1n) is 9.94. The zero-order valence-electron chi connectivity index (χ0n) is 17.4. The van der Waals surface area contributed by atoms with Gasteiger partial charge in [-0.15, -0.1) is 14.1 Å². The Balaban J connectivity index is 2.19. The molecule has 0 aliphatic carbocycles. The number of nitrogens with one attached hydrogen (secondary N) is 1. The van der Waals surface area contributed by atoms with Crippen molar-refractivity contribution in [1.29, 1.82) is 0 Å². The number of ether oxygens (including phenoxy) is 1. The van der Waals surface area contributed by atoms with Crippen LogP contribution in [-0.4, -0.2) is 29.1 Å². The predicted molar refractivity (Wildman–Crippen MR) is 121 cm³/mol. The van der Waals surface area contributed by atoms with Crippen molar-refractivity contribution in [3.8, 4) is 0 Å². The molecule has 0 fully saturated rings. The number of benzene rings is 2. The third-order valence-electron chi connectivity index (χ3n) is 4.63. The molecule has 0 aromatic heterocycles. The molecule has 11 heteroatoms. The zero-order chi connectivity index (χ0) is 23.7. The average molecular weight is 463 g/mol. The number of rotatable bonds is 11. The molecule has 0 heterocycles. The maximum Gasteiger partial charge on any atom is 0.338 e. The lowest BCUT2D eigenvalue weighted by Gasteiger charge is -2.17. The van der Waals surface area contributed by atoms with Gasteiger partial charge >= 0.3 is 11.7 Å². The number of hydrogen-bond acceptors (Lipinski definition) is 7. The van der Waals surface area contributed by atoms with Gasteiger partial charge in [-0.1, -0.05) is 19.8 Å². The van der Waals surface area contributed by atoms with E-state index < -0.39 is 28.3 Å². The molecule has 2 atom stereocenters. The smallest absolute Gasteiger partial charge is 0.338 e. The van der Waals surface area contributed by atoms with Crippen molar-refractivity contribution in [2.24, 2.45) is 5.18 Å². The molecular weight excluding hydrogens is 440 g/mol. The Hall–Kier alpha value is -3.26. The molecule has 1 N–H and O–H groups in total. The molecule has 0 aliphatic rings. The maximum absolute atomic E-state index is 13.5. The highest BCUT2D eigenvalue weighted by Gasteiger charge is 2.20. The van der Waals surface area contributed by atoms with Gasteiger partial charge in [0.25, 0.3) is 5.91 Å². The monoisotopic (exact) mass is 463 g/mol. The molecule has 2 aromatic rings. The van der Waals surface area contributed by atoms with E-state index >= 15 is 0 Å². The molecule has 170 valence electrons. The average Bonchev–Trinajstić information content (AvgIpc) is 2.77. The Morgan fingerprint density at radius 2 is 1.94 bits per heavy atom. The number of amides is 1. The van der Waals surface area contributed by atoms with Gasteiger partial charge < -0.3 is 10.1 Å². The lowest BCUT2D eigenvalue weighted by atomic mass is 10.1. The third-order valence-corrected chi connectivity index (χ3v) is 4.96. The number of nitroso groups, excluding NO2 is 1. The summed E-state index contributed by atoms with van der Waals surface area (Å²) < 4.78 is 19.0. The van der Waals surface area contributed by atoms with Crippen molar-refractivity contribution in [1.82, 2.24) is 0 Å². The van der Waals surface area contributed by atoms with Gasteiger partial charge in [0.1, 0.15) is 11.8 Å². The number of nitrogens with zero attached hydrogens (tertiary/aromatic N) is 2. The summed E-state index contributed by atoms with van der Waals surface area (Å²) in [6.45, 7) is 2.04. The summed E-state index contributed by atoms with van der Waals surface area (Å²) in [7, 11) is 2.59. The van der Waals surface area contributed by atoms with E-state index in [-0.39, 0.29) is 28.6 Å². The quantitative estimate of drug-likeness (QED) is 0.157. The number of nitro groups is 1. The van der Waals surface area contributed by atoms with Gasteiger partial charge in [0.05, 0.1) is 16.2 Å². The summed E-state index contributed by atoms with van der Waals surface area (Å²) in [5, 5.41) is 16.1. The van der Waals surface area contributed by atoms with Crippen molar-refractivity contribution in [3.05, 3.63) is 68.4 Å². The topological polar surface area (TPSA) is 128 Å². The van der Waals surface area contributed by atoms with Crippen molar-refractivity contribution in [2.45, 2.75) is 38.7 Å². The summed E-state index contributed by atoms with van der Waals surface area (Å²) in [6, 6.07) is 6.52. The molecule has 32 heavy (non-hydrogen) atoms. The Morgan fingerprint density at radius 3 is 2.56 bits per heavy atom. The number of carbonyl (C=O) groups excluding carboxylic acids is 2. The van der Waals surface area contributed by atoms with E-state index in [0.29, 0.717) is 6.42 Å². The molecule has 0 spiro atoms. The second-order valence-electron chi connectivity index (χ2n) is 6.95. The van der Waals surface area contributed by atoms with Gasteiger partial charge in [0, 0.05) is 11.6 Å². The van der Waals surface area contributed by atoms with Gasteiger partial charge in [0.15, 0.2) is 0 Å². The van der Waals surface area contributed by atoms with Gasteiger partial charge in [-0.2, -0.15) is 4.39 Å². The largest absolute Gasteiger partial charge is 0.459 e. The normalized spacial score (nSPS) is 11.5. The molecule has 2 aromatic carbocycles. The van der Waals surface area contributed by atoms with E-state index in [2.05, 4.69) is 19.7 Å². The maximum atomic E-state index is 13.5. The van der Waals surface area contributed by atoms with Crippen molar-refractivity contribution in [2.75, 3.05) is 11.5 Å². The van der Waals surface area contributed by atoms with Crippen LogP contribution >= 0.6 is 9.24 Å². The first-order chi connectivity index (χ1) is 15.3. The molecule has 2 rings (SSSR count). The predicted octanol–water partition coefficient (Wildman–Crippen LogP) is 5.36. The first kappa shape index (κ1) is 25.0. The van der Waals surface area contributed by atoms with Crippen LogP contribution < -0.4 is 5.32 Å². The number of unbranched alkanes of at least 4 members (excludes halogenated alkanes) is 1. The zero-order valence-corrected chi connectivity index (χ0v) is 18.5. The number of hydrogen-bond donors (Lipinski definition) is 1. The lowest BCUT2D eigenvalue weighted by molar-refractivity contribution is -0.387. The minimum absolute atomic E-state index is 0.0129. The van der Waals surface area contributed by atoms with Crippen LogP contribution in [-0.2, 0) is 4.74 Å². The molecule has 1 amide bonds. The number of anilines is 1. The fourth-order valence-corrected chi connectivity index (χ4v) is 3.30. The number of carbonyl (C=O) groups is 2. The minimum Gasteiger partial charge on any atom is -0.459 e. The van der Waals surface area contributed by atoms with E-state index in [4.69, 9.17) is 4.74 Å². The van der Waals surface area contributed by atoms with Crippen LogP contribution in [0.15, 0.2) is 41.6 Å². The van der Waals surface area contributed by atoms with Crippen molar-refractivity contribution in [3.63, 3.8) is 0 Å². The molecule has 0 bridgehead atoms. The van der Waals surface area contributed by atoms with E-state index in [1.54, 1.807) is 0 Å². The fraction of sp³-hybridized carbons (Fsp3) is 0.333.